The zero-order valence-corrected chi connectivity index (χ0v) is 31.4. The van der Waals surface area contributed by atoms with Crippen LogP contribution < -0.4 is 4.90 Å². The van der Waals surface area contributed by atoms with Crippen molar-refractivity contribution >= 4 is 50.8 Å². The number of hydrogen-bond acceptors (Lipinski definition) is 6. The van der Waals surface area contributed by atoms with Crippen molar-refractivity contribution in [2.45, 2.75) is 9.79 Å². The van der Waals surface area contributed by atoms with Crippen molar-refractivity contribution in [3.8, 4) is 56.4 Å². The van der Waals surface area contributed by atoms with Crippen LogP contribution in [0.25, 0.3) is 78.4 Å². The summed E-state index contributed by atoms with van der Waals surface area (Å²) < 4.78 is 6.56. The molecule has 0 amide bonds. The Hall–Kier alpha value is -7.28. The van der Waals surface area contributed by atoms with Crippen LogP contribution in [0.4, 0.5) is 17.1 Å². The Morgan fingerprint density at radius 3 is 1.44 bits per heavy atom. The molecule has 0 N–H and O–H groups in total. The maximum Gasteiger partial charge on any atom is 0.164 e. The summed E-state index contributed by atoms with van der Waals surface area (Å²) in [6, 6.07) is 67.6. The van der Waals surface area contributed by atoms with Crippen molar-refractivity contribution in [2.75, 3.05) is 4.90 Å². The van der Waals surface area contributed by atoms with Crippen molar-refractivity contribution < 1.29 is 4.42 Å². The molecule has 0 unspecified atom stereocenters. The van der Waals surface area contributed by atoms with Gasteiger partial charge in [0.05, 0.1) is 11.4 Å². The van der Waals surface area contributed by atoms with Crippen LogP contribution in [0.15, 0.2) is 208 Å². The molecule has 0 saturated carbocycles. The third-order valence-electron chi connectivity index (χ3n) is 10.5. The fourth-order valence-corrected chi connectivity index (χ4v) is 8.91. The molecule has 1 aliphatic rings. The highest BCUT2D eigenvalue weighted by atomic mass is 32.2. The second-order valence-corrected chi connectivity index (χ2v) is 15.1. The fraction of sp³-hybridized carbons (Fsp3) is 0. The molecule has 57 heavy (non-hydrogen) atoms. The molecule has 6 heteroatoms. The first-order valence-corrected chi connectivity index (χ1v) is 19.7. The van der Waals surface area contributed by atoms with E-state index in [0.29, 0.717) is 17.5 Å². The van der Waals surface area contributed by atoms with Gasteiger partial charge in [-0.05, 0) is 70.8 Å². The van der Waals surface area contributed by atoms with Crippen LogP contribution in [0, 0.1) is 0 Å². The summed E-state index contributed by atoms with van der Waals surface area (Å²) in [5, 5.41) is 1.95. The molecule has 10 aromatic rings. The Morgan fingerprint density at radius 1 is 0.386 bits per heavy atom. The van der Waals surface area contributed by atoms with E-state index in [9.17, 15) is 0 Å². The van der Waals surface area contributed by atoms with Crippen LogP contribution in [-0.4, -0.2) is 15.0 Å². The first-order chi connectivity index (χ1) is 28.2. The lowest BCUT2D eigenvalue weighted by molar-refractivity contribution is 0.669. The average molecular weight is 749 g/mol. The molecule has 0 aliphatic carbocycles. The zero-order valence-electron chi connectivity index (χ0n) is 30.6. The molecule has 0 fully saturated rings. The Bertz CT molecular complexity index is 2950. The minimum Gasteiger partial charge on any atom is -0.456 e. The second-order valence-electron chi connectivity index (χ2n) is 14.0. The SMILES string of the molecule is c1ccc(-c2ccc3c(c2)Sc2cc(-c4ccccc4)ccc2N3c2ccc3oc4cccc(-c5nc(-c6ccccc6)nc(-c6ccccc6)n5)c4c3c2)cc1. The van der Waals surface area contributed by atoms with Gasteiger partial charge in [0.1, 0.15) is 11.2 Å². The van der Waals surface area contributed by atoms with Gasteiger partial charge in [-0.3, -0.25) is 0 Å². The van der Waals surface area contributed by atoms with Gasteiger partial charge in [-0.15, -0.1) is 0 Å². The highest BCUT2D eigenvalue weighted by Crippen LogP contribution is 2.54. The number of rotatable bonds is 6. The van der Waals surface area contributed by atoms with Gasteiger partial charge in [-0.2, -0.15) is 0 Å². The van der Waals surface area contributed by atoms with E-state index in [1.165, 1.54) is 32.0 Å². The van der Waals surface area contributed by atoms with Crippen molar-refractivity contribution in [3.63, 3.8) is 0 Å². The minimum atomic E-state index is 0.591. The number of hydrogen-bond donors (Lipinski definition) is 0. The third kappa shape index (κ3) is 5.95. The molecule has 0 atom stereocenters. The number of nitrogens with zero attached hydrogens (tertiary/aromatic N) is 4. The summed E-state index contributed by atoms with van der Waals surface area (Å²) >= 11 is 1.82. The van der Waals surface area contributed by atoms with Crippen molar-refractivity contribution in [2.24, 2.45) is 0 Å². The molecular formula is C51H32N4OS. The van der Waals surface area contributed by atoms with E-state index in [-0.39, 0.29) is 0 Å². The molecule has 0 saturated heterocycles. The summed E-state index contributed by atoms with van der Waals surface area (Å²) in [5.74, 6) is 1.83. The summed E-state index contributed by atoms with van der Waals surface area (Å²) in [6.45, 7) is 0. The Balaban J connectivity index is 1.10. The van der Waals surface area contributed by atoms with Gasteiger partial charge in [-0.1, -0.05) is 157 Å². The van der Waals surface area contributed by atoms with Gasteiger partial charge in [0.25, 0.3) is 0 Å². The van der Waals surface area contributed by atoms with E-state index < -0.39 is 0 Å². The smallest absolute Gasteiger partial charge is 0.164 e. The van der Waals surface area contributed by atoms with E-state index in [1.54, 1.807) is 0 Å². The zero-order chi connectivity index (χ0) is 37.7. The highest BCUT2D eigenvalue weighted by molar-refractivity contribution is 7.99. The fourth-order valence-electron chi connectivity index (χ4n) is 7.78. The molecule has 8 aromatic carbocycles. The topological polar surface area (TPSA) is 55.1 Å². The Morgan fingerprint density at radius 2 is 0.895 bits per heavy atom. The molecule has 0 radical (unpaired) electrons. The summed E-state index contributed by atoms with van der Waals surface area (Å²) in [4.78, 5) is 19.9. The molecule has 0 spiro atoms. The maximum absolute atomic E-state index is 6.56. The van der Waals surface area contributed by atoms with Gasteiger partial charge in [0.2, 0.25) is 0 Å². The average Bonchev–Trinajstić information content (AvgIpc) is 3.67. The van der Waals surface area contributed by atoms with Gasteiger partial charge >= 0.3 is 0 Å². The van der Waals surface area contributed by atoms with Crippen molar-refractivity contribution in [1.29, 1.82) is 0 Å². The van der Waals surface area contributed by atoms with Gasteiger partial charge < -0.3 is 9.32 Å². The standard InChI is InChI=1S/C51H32N4OS/c1-5-14-33(15-6-1)37-24-27-42-46(30-37)57-47-31-38(34-16-7-2-8-17-34)25-28-43(47)55(42)39-26-29-44-41(32-39)48-40(22-13-23-45(48)56-44)51-53-49(35-18-9-3-10-19-35)52-50(54-51)36-20-11-4-12-21-36/h1-32H. The number of benzene rings is 8. The van der Waals surface area contributed by atoms with Gasteiger partial charge in [0, 0.05) is 42.9 Å². The van der Waals surface area contributed by atoms with Crippen LogP contribution in [0.2, 0.25) is 0 Å². The summed E-state index contributed by atoms with van der Waals surface area (Å²) in [6.07, 6.45) is 0. The lowest BCUT2D eigenvalue weighted by Gasteiger charge is -2.33. The van der Waals surface area contributed by atoms with Crippen LogP contribution in [0.3, 0.4) is 0 Å². The molecule has 3 heterocycles. The van der Waals surface area contributed by atoms with E-state index in [4.69, 9.17) is 19.4 Å². The Labute approximate surface area is 334 Å². The minimum absolute atomic E-state index is 0.591. The molecule has 268 valence electrons. The van der Waals surface area contributed by atoms with Crippen LogP contribution in [0.1, 0.15) is 0 Å². The summed E-state index contributed by atoms with van der Waals surface area (Å²) in [7, 11) is 0. The first kappa shape index (κ1) is 33.1. The predicted octanol–water partition coefficient (Wildman–Crippen LogP) is 14.0. The van der Waals surface area contributed by atoms with E-state index in [2.05, 4.69) is 126 Å². The molecule has 5 nitrogen and oxygen atoms in total. The van der Waals surface area contributed by atoms with E-state index >= 15 is 0 Å². The molecule has 2 aromatic heterocycles. The van der Waals surface area contributed by atoms with Gasteiger partial charge in [0.15, 0.2) is 17.5 Å². The van der Waals surface area contributed by atoms with Crippen LogP contribution >= 0.6 is 11.8 Å². The third-order valence-corrected chi connectivity index (χ3v) is 11.6. The molecule has 0 bridgehead atoms. The van der Waals surface area contributed by atoms with Gasteiger partial charge in [-0.25, -0.2) is 15.0 Å². The molecule has 1 aliphatic heterocycles. The monoisotopic (exact) mass is 748 g/mol. The molecular weight excluding hydrogens is 717 g/mol. The maximum atomic E-state index is 6.56. The first-order valence-electron chi connectivity index (χ1n) is 18.9. The Kier molecular flexibility index (Phi) is 8.00. The quantitative estimate of drug-likeness (QED) is 0.169. The van der Waals surface area contributed by atoms with Crippen molar-refractivity contribution in [1.82, 2.24) is 15.0 Å². The second kappa shape index (κ2) is 13.8. The number of furan rings is 1. The van der Waals surface area contributed by atoms with Crippen LogP contribution in [-0.2, 0) is 0 Å². The molecule has 11 rings (SSSR count). The van der Waals surface area contributed by atoms with Crippen molar-refractivity contribution in [3.05, 3.63) is 194 Å². The van der Waals surface area contributed by atoms with E-state index in [1.807, 2.05) is 84.6 Å². The van der Waals surface area contributed by atoms with E-state index in [0.717, 1.165) is 55.7 Å². The number of anilines is 3. The summed E-state index contributed by atoms with van der Waals surface area (Å²) in [5.41, 5.74) is 12.4. The predicted molar refractivity (Wildman–Crippen MR) is 233 cm³/mol. The number of fused-ring (bicyclic) bond motifs is 5. The largest absolute Gasteiger partial charge is 0.456 e. The normalized spacial score (nSPS) is 12.1. The van der Waals surface area contributed by atoms with Crippen LogP contribution in [0.5, 0.6) is 0 Å². The lowest BCUT2D eigenvalue weighted by Crippen LogP contribution is -2.15. The lowest BCUT2D eigenvalue weighted by atomic mass is 10.0. The number of aromatic nitrogens is 3. The highest BCUT2D eigenvalue weighted by Gasteiger charge is 2.27.